The average molecular weight is 413 g/mol. The molecule has 0 bridgehead atoms. The summed E-state index contributed by atoms with van der Waals surface area (Å²) in [6.07, 6.45) is -2.62. The number of hydrogen-bond acceptors (Lipinski definition) is 5. The van der Waals surface area contributed by atoms with Gasteiger partial charge < -0.3 is 4.74 Å². The van der Waals surface area contributed by atoms with Gasteiger partial charge >= 0.3 is 12.3 Å². The molecule has 2 rings (SSSR count). The molecular weight excluding hydrogens is 398 g/mol. The van der Waals surface area contributed by atoms with Crippen molar-refractivity contribution in [3.8, 4) is 0 Å². The number of amides is 1. The van der Waals surface area contributed by atoms with Crippen LogP contribution in [0.5, 0.6) is 0 Å². The zero-order valence-corrected chi connectivity index (χ0v) is 14.7. The molecule has 0 heterocycles. The van der Waals surface area contributed by atoms with Gasteiger partial charge in [0.15, 0.2) is 0 Å². The largest absolute Gasteiger partial charge is 0.370 e. The lowest BCUT2D eigenvalue weighted by atomic mass is 10.1. The summed E-state index contributed by atoms with van der Waals surface area (Å²) >= 11 is 0. The standard InChI is InChI=1S/C18H15F4N3O4/c19-17(20)18(21,22)11-29-10-13-4-1-5-14(7-13)16(26)24-23-9-12-3-2-6-15(8-12)25(27)28/h1-9,17H,10-11H2,(H,24,26)/b23-9+. The number of nitrogens with one attached hydrogen (secondary N) is 1. The molecule has 0 atom stereocenters. The van der Waals surface area contributed by atoms with Crippen LogP contribution in [0.3, 0.4) is 0 Å². The van der Waals surface area contributed by atoms with E-state index in [9.17, 15) is 32.5 Å². The number of carbonyl (C=O) groups excluding carboxylic acids is 1. The van der Waals surface area contributed by atoms with Crippen LogP contribution >= 0.6 is 0 Å². The first kappa shape index (κ1) is 22.0. The molecule has 154 valence electrons. The quantitative estimate of drug-likeness (QED) is 0.293. The van der Waals surface area contributed by atoms with Gasteiger partial charge in [-0.15, -0.1) is 0 Å². The summed E-state index contributed by atoms with van der Waals surface area (Å²) in [5.41, 5.74) is 2.93. The first-order chi connectivity index (χ1) is 13.7. The van der Waals surface area contributed by atoms with Gasteiger partial charge in [0.2, 0.25) is 0 Å². The minimum atomic E-state index is -4.25. The van der Waals surface area contributed by atoms with Gasteiger partial charge in [0, 0.05) is 23.3 Å². The topological polar surface area (TPSA) is 93.8 Å². The molecule has 0 spiro atoms. The number of halogens is 4. The fourth-order valence-corrected chi connectivity index (χ4v) is 2.12. The van der Waals surface area contributed by atoms with Gasteiger partial charge in [-0.1, -0.05) is 24.3 Å². The van der Waals surface area contributed by atoms with Crippen molar-refractivity contribution in [2.45, 2.75) is 19.0 Å². The number of carbonyl (C=O) groups is 1. The van der Waals surface area contributed by atoms with Crippen molar-refractivity contribution < 1.29 is 32.0 Å². The monoisotopic (exact) mass is 413 g/mol. The third-order valence-electron chi connectivity index (χ3n) is 3.53. The molecule has 29 heavy (non-hydrogen) atoms. The van der Waals surface area contributed by atoms with Gasteiger partial charge in [0.1, 0.15) is 6.61 Å². The van der Waals surface area contributed by atoms with E-state index in [0.29, 0.717) is 11.1 Å². The molecular formula is C18H15F4N3O4. The summed E-state index contributed by atoms with van der Waals surface area (Å²) in [6.45, 7) is -1.84. The van der Waals surface area contributed by atoms with E-state index in [1.54, 1.807) is 6.07 Å². The number of benzene rings is 2. The van der Waals surface area contributed by atoms with Gasteiger partial charge in [-0.2, -0.15) is 13.9 Å². The van der Waals surface area contributed by atoms with Crippen LogP contribution in [0, 0.1) is 10.1 Å². The molecule has 11 heteroatoms. The molecule has 0 aliphatic rings. The lowest BCUT2D eigenvalue weighted by molar-refractivity contribution is -0.384. The number of alkyl halides is 4. The Bertz CT molecular complexity index is 906. The SMILES string of the molecule is O=C(N/N=C/c1cccc([N+](=O)[O-])c1)c1cccc(COCC(F)(F)C(F)F)c1. The van der Waals surface area contributed by atoms with Crippen LogP contribution in [0.15, 0.2) is 53.6 Å². The molecule has 0 radical (unpaired) electrons. The molecule has 2 aromatic rings. The predicted octanol–water partition coefficient (Wildman–Crippen LogP) is 3.78. The highest BCUT2D eigenvalue weighted by molar-refractivity contribution is 5.95. The number of hydrogen-bond donors (Lipinski definition) is 1. The fraction of sp³-hybridized carbons (Fsp3) is 0.222. The maximum atomic E-state index is 12.8. The summed E-state index contributed by atoms with van der Waals surface area (Å²) in [6, 6.07) is 11.3. The lowest BCUT2D eigenvalue weighted by Gasteiger charge is -2.15. The Morgan fingerprint density at radius 2 is 1.97 bits per heavy atom. The Hall–Kier alpha value is -3.34. The fourth-order valence-electron chi connectivity index (χ4n) is 2.12. The average Bonchev–Trinajstić information content (AvgIpc) is 2.68. The highest BCUT2D eigenvalue weighted by Gasteiger charge is 2.40. The second-order valence-electron chi connectivity index (χ2n) is 5.81. The third-order valence-corrected chi connectivity index (χ3v) is 3.53. The first-order valence-corrected chi connectivity index (χ1v) is 8.09. The molecule has 0 saturated carbocycles. The van der Waals surface area contributed by atoms with E-state index in [-0.39, 0.29) is 17.9 Å². The molecule has 0 unspecified atom stereocenters. The number of ether oxygens (including phenoxy) is 1. The summed E-state index contributed by atoms with van der Waals surface area (Å²) in [5.74, 6) is -4.89. The van der Waals surface area contributed by atoms with Gasteiger partial charge in [-0.3, -0.25) is 14.9 Å². The van der Waals surface area contributed by atoms with E-state index in [2.05, 4.69) is 15.3 Å². The normalized spacial score (nSPS) is 11.8. The number of hydrazone groups is 1. The summed E-state index contributed by atoms with van der Waals surface area (Å²) in [5, 5.41) is 14.4. The van der Waals surface area contributed by atoms with E-state index >= 15 is 0 Å². The summed E-state index contributed by atoms with van der Waals surface area (Å²) < 4.78 is 54.4. The molecule has 0 aliphatic heterocycles. The Morgan fingerprint density at radius 3 is 2.66 bits per heavy atom. The lowest BCUT2D eigenvalue weighted by Crippen LogP contribution is -2.32. The summed E-state index contributed by atoms with van der Waals surface area (Å²) in [7, 11) is 0. The number of nitrogens with zero attached hydrogens (tertiary/aromatic N) is 2. The van der Waals surface area contributed by atoms with E-state index in [1.807, 2.05) is 0 Å². The number of rotatable bonds is 9. The molecule has 0 fully saturated rings. The smallest absolute Gasteiger partial charge is 0.330 e. The van der Waals surface area contributed by atoms with Gasteiger partial charge in [0.05, 0.1) is 17.7 Å². The van der Waals surface area contributed by atoms with Crippen LogP contribution < -0.4 is 5.43 Å². The van der Waals surface area contributed by atoms with Crippen LogP contribution in [0.1, 0.15) is 21.5 Å². The summed E-state index contributed by atoms with van der Waals surface area (Å²) in [4.78, 5) is 22.2. The van der Waals surface area contributed by atoms with Crippen molar-refractivity contribution in [2.75, 3.05) is 6.61 Å². The van der Waals surface area contributed by atoms with E-state index in [1.165, 1.54) is 48.7 Å². The zero-order chi connectivity index (χ0) is 21.4. The molecule has 0 saturated heterocycles. The van der Waals surface area contributed by atoms with E-state index in [0.717, 1.165) is 0 Å². The molecule has 1 amide bonds. The Morgan fingerprint density at radius 1 is 1.24 bits per heavy atom. The molecule has 7 nitrogen and oxygen atoms in total. The van der Waals surface area contributed by atoms with Crippen LogP contribution in [0.4, 0.5) is 23.2 Å². The number of nitro groups is 1. The Kier molecular flexibility index (Phi) is 7.37. The van der Waals surface area contributed by atoms with Crippen molar-refractivity contribution in [1.29, 1.82) is 0 Å². The van der Waals surface area contributed by atoms with Crippen LogP contribution in [-0.4, -0.2) is 36.0 Å². The van der Waals surface area contributed by atoms with Gasteiger partial charge in [-0.05, 0) is 17.7 Å². The van der Waals surface area contributed by atoms with E-state index in [4.69, 9.17) is 0 Å². The maximum Gasteiger partial charge on any atom is 0.330 e. The third kappa shape index (κ3) is 6.64. The van der Waals surface area contributed by atoms with Crippen LogP contribution in [0.2, 0.25) is 0 Å². The van der Waals surface area contributed by atoms with Crippen molar-refractivity contribution in [2.24, 2.45) is 5.10 Å². The highest BCUT2D eigenvalue weighted by atomic mass is 19.3. The van der Waals surface area contributed by atoms with Crippen molar-refractivity contribution in [3.63, 3.8) is 0 Å². The Labute approximate surface area is 162 Å². The second-order valence-corrected chi connectivity index (χ2v) is 5.81. The molecule has 0 aliphatic carbocycles. The first-order valence-electron chi connectivity index (χ1n) is 8.09. The predicted molar refractivity (Wildman–Crippen MR) is 95.2 cm³/mol. The molecule has 0 aromatic heterocycles. The minimum absolute atomic E-state index is 0.128. The van der Waals surface area contributed by atoms with Gasteiger partial charge in [0.25, 0.3) is 11.6 Å². The Balaban J connectivity index is 1.93. The van der Waals surface area contributed by atoms with Crippen molar-refractivity contribution >= 4 is 17.8 Å². The maximum absolute atomic E-state index is 12.8. The van der Waals surface area contributed by atoms with Crippen LogP contribution in [-0.2, 0) is 11.3 Å². The number of non-ortho nitro benzene ring substituents is 1. The second kappa shape index (κ2) is 9.73. The van der Waals surface area contributed by atoms with E-state index < -0.39 is 29.8 Å². The van der Waals surface area contributed by atoms with Crippen molar-refractivity contribution in [1.82, 2.24) is 5.43 Å². The molecule has 2 aromatic carbocycles. The molecule has 1 N–H and O–H groups in total. The van der Waals surface area contributed by atoms with Crippen molar-refractivity contribution in [3.05, 3.63) is 75.3 Å². The highest BCUT2D eigenvalue weighted by Crippen LogP contribution is 2.23. The van der Waals surface area contributed by atoms with Gasteiger partial charge in [-0.25, -0.2) is 14.2 Å². The minimum Gasteiger partial charge on any atom is -0.370 e. The zero-order valence-electron chi connectivity index (χ0n) is 14.7. The van der Waals surface area contributed by atoms with Crippen LogP contribution in [0.25, 0.3) is 0 Å². The number of nitro benzene ring substituents is 1.